The van der Waals surface area contributed by atoms with Crippen molar-refractivity contribution in [3.05, 3.63) is 60.3 Å². The van der Waals surface area contributed by atoms with Crippen molar-refractivity contribution in [1.29, 1.82) is 0 Å². The molecule has 0 radical (unpaired) electrons. The average Bonchev–Trinajstić information content (AvgIpc) is 3.49. The number of hydrogen-bond donors (Lipinski definition) is 1. The number of nitrogens with one attached hydrogen (secondary N) is 1. The average molecular weight is 463 g/mol. The smallest absolute Gasteiger partial charge is 0.222 e. The molecule has 1 saturated heterocycles. The lowest BCUT2D eigenvalue weighted by atomic mass is 10.0. The predicted octanol–water partition coefficient (Wildman–Crippen LogP) is 8.51. The fourth-order valence-electron chi connectivity index (χ4n) is 5.16. The van der Waals surface area contributed by atoms with Crippen LogP contribution < -0.4 is 0 Å². The molecule has 1 atom stereocenters. The third kappa shape index (κ3) is 8.81. The van der Waals surface area contributed by atoms with Gasteiger partial charge in [0.05, 0.1) is 0 Å². The van der Waals surface area contributed by atoms with Gasteiger partial charge in [0.15, 0.2) is 0 Å². The molecule has 3 nitrogen and oxygen atoms in total. The second kappa shape index (κ2) is 15.6. The van der Waals surface area contributed by atoms with E-state index in [2.05, 4.69) is 71.6 Å². The summed E-state index contributed by atoms with van der Waals surface area (Å²) in [5.41, 5.74) is 2.54. The highest BCUT2D eigenvalue weighted by Crippen LogP contribution is 2.26. The summed E-state index contributed by atoms with van der Waals surface area (Å²) in [6.07, 6.45) is 28.8. The van der Waals surface area contributed by atoms with Crippen LogP contribution in [0.1, 0.15) is 102 Å². The van der Waals surface area contributed by atoms with Crippen LogP contribution in [0.25, 0.3) is 10.9 Å². The highest BCUT2D eigenvalue weighted by Gasteiger charge is 2.28. The lowest BCUT2D eigenvalue weighted by Gasteiger charge is -2.25. The van der Waals surface area contributed by atoms with Gasteiger partial charge in [-0.3, -0.25) is 4.79 Å². The number of carbonyl (C=O) groups is 1. The van der Waals surface area contributed by atoms with Gasteiger partial charge < -0.3 is 9.88 Å². The number of likely N-dealkylation sites (tertiary alicyclic amines) is 1. The molecule has 0 saturated carbocycles. The Balaban J connectivity index is 1.23. The van der Waals surface area contributed by atoms with Gasteiger partial charge in [-0.15, -0.1) is 0 Å². The van der Waals surface area contributed by atoms with Gasteiger partial charge in [-0.1, -0.05) is 81.5 Å². The summed E-state index contributed by atoms with van der Waals surface area (Å²) in [7, 11) is 0. The summed E-state index contributed by atoms with van der Waals surface area (Å²) in [4.78, 5) is 18.4. The van der Waals surface area contributed by atoms with Gasteiger partial charge >= 0.3 is 0 Å². The van der Waals surface area contributed by atoms with Crippen molar-refractivity contribution in [2.75, 3.05) is 6.54 Å². The summed E-state index contributed by atoms with van der Waals surface area (Å²) < 4.78 is 0. The van der Waals surface area contributed by atoms with Crippen molar-refractivity contribution >= 4 is 16.8 Å². The van der Waals surface area contributed by atoms with Crippen molar-refractivity contribution in [3.63, 3.8) is 0 Å². The first-order valence-electron chi connectivity index (χ1n) is 13.9. The first kappa shape index (κ1) is 26.3. The molecule has 3 rings (SSSR count). The van der Waals surface area contributed by atoms with Crippen LogP contribution in [0.3, 0.4) is 0 Å². The first-order chi connectivity index (χ1) is 16.8. The van der Waals surface area contributed by atoms with Gasteiger partial charge in [-0.05, 0) is 69.4 Å². The van der Waals surface area contributed by atoms with Crippen LogP contribution in [0.4, 0.5) is 0 Å². The Morgan fingerprint density at radius 2 is 1.71 bits per heavy atom. The number of allylic oxidation sites excluding steroid dienone is 4. The SMILES string of the molecule is CCCCC/C=C\C/C=C\CCCCCCCC(=O)N1CCC[C@@H]1Cc1c[nH]c2ccccc12. The van der Waals surface area contributed by atoms with Crippen molar-refractivity contribution in [2.24, 2.45) is 0 Å². The quantitative estimate of drug-likeness (QED) is 0.197. The molecule has 1 aromatic carbocycles. The number of nitrogens with zero attached hydrogens (tertiary/aromatic N) is 1. The monoisotopic (exact) mass is 462 g/mol. The fraction of sp³-hybridized carbons (Fsp3) is 0.581. The zero-order valence-corrected chi connectivity index (χ0v) is 21.4. The van der Waals surface area contributed by atoms with E-state index in [9.17, 15) is 4.79 Å². The predicted molar refractivity (Wildman–Crippen MR) is 146 cm³/mol. The molecule has 0 spiro atoms. The molecule has 1 fully saturated rings. The third-order valence-electron chi connectivity index (χ3n) is 7.17. The Bertz CT molecular complexity index is 894. The number of carbonyl (C=O) groups excluding carboxylic acids is 1. The van der Waals surface area contributed by atoms with E-state index in [1.165, 1.54) is 74.3 Å². The molecule has 1 aromatic heterocycles. The van der Waals surface area contributed by atoms with Crippen LogP contribution in [0.2, 0.25) is 0 Å². The van der Waals surface area contributed by atoms with Crippen LogP contribution >= 0.6 is 0 Å². The van der Waals surface area contributed by atoms with Gasteiger partial charge in [-0.2, -0.15) is 0 Å². The largest absolute Gasteiger partial charge is 0.361 e. The highest BCUT2D eigenvalue weighted by atomic mass is 16.2. The van der Waals surface area contributed by atoms with E-state index in [4.69, 9.17) is 0 Å². The molecule has 0 aliphatic carbocycles. The zero-order valence-electron chi connectivity index (χ0n) is 21.4. The van der Waals surface area contributed by atoms with E-state index < -0.39 is 0 Å². The van der Waals surface area contributed by atoms with Gasteiger partial charge in [0, 0.05) is 36.1 Å². The number of fused-ring (bicyclic) bond motifs is 1. The summed E-state index contributed by atoms with van der Waals surface area (Å²) in [5, 5.41) is 1.30. The minimum atomic E-state index is 0.365. The van der Waals surface area contributed by atoms with E-state index in [0.29, 0.717) is 11.9 Å². The topological polar surface area (TPSA) is 36.1 Å². The number of para-hydroxylation sites is 1. The Hall–Kier alpha value is -2.29. The first-order valence-corrected chi connectivity index (χ1v) is 13.9. The minimum absolute atomic E-state index is 0.365. The van der Waals surface area contributed by atoms with E-state index in [1.807, 2.05) is 0 Å². The molecule has 2 aromatic rings. The van der Waals surface area contributed by atoms with Gasteiger partial charge in [0.1, 0.15) is 0 Å². The standard InChI is InChI=1S/C31H46N2O/c1-2-3-4-5-6-7-8-9-10-11-12-13-14-15-16-23-31(34)33-24-19-20-28(33)25-27-26-32-30-22-18-17-21-29(27)30/h6-7,9-10,17-18,21-22,26,28,32H,2-5,8,11-16,19-20,23-25H2,1H3/b7-6-,10-9-/t28-/m1/s1. The summed E-state index contributed by atoms with van der Waals surface area (Å²) in [5.74, 6) is 0.369. The van der Waals surface area contributed by atoms with Crippen molar-refractivity contribution < 1.29 is 4.79 Å². The molecule has 1 amide bonds. The van der Waals surface area contributed by atoms with Crippen LogP contribution in [-0.2, 0) is 11.2 Å². The Morgan fingerprint density at radius 3 is 2.53 bits per heavy atom. The molecule has 3 heteroatoms. The lowest BCUT2D eigenvalue weighted by molar-refractivity contribution is -0.132. The van der Waals surface area contributed by atoms with E-state index >= 15 is 0 Å². The number of benzene rings is 1. The number of hydrogen-bond acceptors (Lipinski definition) is 1. The van der Waals surface area contributed by atoms with Gasteiger partial charge in [0.25, 0.3) is 0 Å². The van der Waals surface area contributed by atoms with Gasteiger partial charge in [-0.25, -0.2) is 0 Å². The Morgan fingerprint density at radius 1 is 0.971 bits per heavy atom. The molecule has 2 heterocycles. The van der Waals surface area contributed by atoms with Gasteiger partial charge in [0.2, 0.25) is 5.91 Å². The van der Waals surface area contributed by atoms with Crippen molar-refractivity contribution in [2.45, 2.75) is 109 Å². The molecule has 1 aliphatic heterocycles. The number of aromatic amines is 1. The molecule has 34 heavy (non-hydrogen) atoms. The summed E-state index contributed by atoms with van der Waals surface area (Å²) in [6, 6.07) is 8.84. The maximum absolute atomic E-state index is 12.9. The fourth-order valence-corrected chi connectivity index (χ4v) is 5.16. The van der Waals surface area contributed by atoms with E-state index in [1.54, 1.807) is 0 Å². The van der Waals surface area contributed by atoms with Crippen LogP contribution in [0, 0.1) is 0 Å². The molecule has 1 aliphatic rings. The number of aromatic nitrogens is 1. The minimum Gasteiger partial charge on any atom is -0.361 e. The summed E-state index contributed by atoms with van der Waals surface area (Å²) in [6.45, 7) is 3.19. The van der Waals surface area contributed by atoms with Crippen molar-refractivity contribution in [1.82, 2.24) is 9.88 Å². The summed E-state index contributed by atoms with van der Waals surface area (Å²) >= 11 is 0. The lowest BCUT2D eigenvalue weighted by Crippen LogP contribution is -2.36. The molecule has 186 valence electrons. The number of amides is 1. The molecular weight excluding hydrogens is 416 g/mol. The molecule has 1 N–H and O–H groups in total. The van der Waals surface area contributed by atoms with E-state index in [0.717, 1.165) is 45.1 Å². The van der Waals surface area contributed by atoms with Crippen molar-refractivity contribution in [3.8, 4) is 0 Å². The second-order valence-corrected chi connectivity index (χ2v) is 9.93. The second-order valence-electron chi connectivity index (χ2n) is 9.93. The normalized spacial score (nSPS) is 16.5. The zero-order chi connectivity index (χ0) is 23.8. The van der Waals surface area contributed by atoms with Crippen LogP contribution in [0.5, 0.6) is 0 Å². The molecule has 0 bridgehead atoms. The number of rotatable bonds is 16. The van der Waals surface area contributed by atoms with Crippen LogP contribution in [0.15, 0.2) is 54.8 Å². The molecular formula is C31H46N2O. The maximum atomic E-state index is 12.9. The molecule has 0 unspecified atom stereocenters. The van der Waals surface area contributed by atoms with Crippen LogP contribution in [-0.4, -0.2) is 28.4 Å². The maximum Gasteiger partial charge on any atom is 0.222 e. The Labute approximate surface area is 207 Å². The highest BCUT2D eigenvalue weighted by molar-refractivity contribution is 5.83. The Kier molecular flexibility index (Phi) is 12.1. The third-order valence-corrected chi connectivity index (χ3v) is 7.17. The number of unbranched alkanes of at least 4 members (excludes halogenated alkanes) is 8. The number of H-pyrrole nitrogens is 1. The van der Waals surface area contributed by atoms with E-state index in [-0.39, 0.29) is 0 Å².